The minimum atomic E-state index is -1.44. The lowest BCUT2D eigenvalue weighted by Gasteiger charge is -2.30. The average Bonchev–Trinajstić information content (AvgIpc) is 2.71. The fourth-order valence-corrected chi connectivity index (χ4v) is 2.39. The Morgan fingerprint density at radius 3 is 2.60 bits per heavy atom. The van der Waals surface area contributed by atoms with E-state index in [-0.39, 0.29) is 0 Å². The summed E-state index contributed by atoms with van der Waals surface area (Å²) in [7, 11) is 1.41. The molecule has 4 nitrogen and oxygen atoms in total. The molecule has 1 aliphatic rings. The quantitative estimate of drug-likeness (QED) is 0.797. The molecule has 0 spiro atoms. The highest BCUT2D eigenvalue weighted by Crippen LogP contribution is 2.38. The number of alkyl halides is 1. The Morgan fingerprint density at radius 1 is 1.40 bits per heavy atom. The molecule has 1 aliphatic heterocycles. The van der Waals surface area contributed by atoms with Crippen molar-refractivity contribution in [1.29, 1.82) is 0 Å². The van der Waals surface area contributed by atoms with Gasteiger partial charge in [-0.25, -0.2) is 9.18 Å². The highest BCUT2D eigenvalue weighted by Gasteiger charge is 2.57. The molecule has 20 heavy (non-hydrogen) atoms. The Labute approximate surface area is 117 Å². The van der Waals surface area contributed by atoms with Gasteiger partial charge < -0.3 is 14.2 Å². The number of ether oxygens (including phenoxy) is 3. The first-order valence-electron chi connectivity index (χ1n) is 6.63. The van der Waals surface area contributed by atoms with E-state index in [1.807, 2.05) is 6.92 Å². The fraction of sp³-hybridized carbons (Fsp3) is 0.533. The monoisotopic (exact) mass is 282 g/mol. The second-order valence-corrected chi connectivity index (χ2v) is 4.99. The Bertz CT molecular complexity index is 460. The van der Waals surface area contributed by atoms with Crippen molar-refractivity contribution in [2.45, 2.75) is 44.4 Å². The first kappa shape index (κ1) is 14.9. The van der Waals surface area contributed by atoms with Crippen LogP contribution in [0.25, 0.3) is 0 Å². The summed E-state index contributed by atoms with van der Waals surface area (Å²) in [4.78, 5) is 12.1. The summed E-state index contributed by atoms with van der Waals surface area (Å²) < 4.78 is 30.4. The lowest BCUT2D eigenvalue weighted by Crippen LogP contribution is -2.48. The summed E-state index contributed by atoms with van der Waals surface area (Å²) in [6, 6.07) is 8.47. The molecule has 0 N–H and O–H groups in total. The van der Waals surface area contributed by atoms with Gasteiger partial charge in [-0.1, -0.05) is 25.1 Å². The van der Waals surface area contributed by atoms with Crippen molar-refractivity contribution < 1.29 is 23.4 Å². The second-order valence-electron chi connectivity index (χ2n) is 4.99. The molecule has 0 radical (unpaired) electrons. The number of esters is 1. The molecule has 110 valence electrons. The third kappa shape index (κ3) is 2.55. The Hall–Kier alpha value is -1.46. The number of carbonyl (C=O) groups excluding carboxylic acids is 1. The van der Waals surface area contributed by atoms with E-state index in [9.17, 15) is 9.18 Å². The predicted molar refractivity (Wildman–Crippen MR) is 71.1 cm³/mol. The molecular formula is C15H19FO4. The Kier molecular flexibility index (Phi) is 4.40. The minimum absolute atomic E-state index is 0.371. The number of rotatable bonds is 4. The highest BCUT2D eigenvalue weighted by atomic mass is 19.1. The Balaban J connectivity index is 2.19. The van der Waals surface area contributed by atoms with Gasteiger partial charge in [0.1, 0.15) is 0 Å². The van der Waals surface area contributed by atoms with Crippen LogP contribution >= 0.6 is 0 Å². The molecule has 0 aromatic heterocycles. The van der Waals surface area contributed by atoms with Crippen molar-refractivity contribution in [2.75, 3.05) is 7.11 Å². The standard InChI is InChI=1S/C15H19FO4/c1-4-11-12(16)15(2,14(18-3)19-11)20-13(17)10-8-6-5-7-9-10/h5-9,11-12,14H,4H2,1-3H3/t11-,12-,14-,15+/m1/s1. The summed E-state index contributed by atoms with van der Waals surface area (Å²) in [5.74, 6) is -0.585. The van der Waals surface area contributed by atoms with Crippen LogP contribution in [-0.2, 0) is 14.2 Å². The third-order valence-electron chi connectivity index (χ3n) is 3.58. The zero-order valence-electron chi connectivity index (χ0n) is 11.8. The van der Waals surface area contributed by atoms with Gasteiger partial charge in [0, 0.05) is 7.11 Å². The molecule has 1 saturated heterocycles. The first-order chi connectivity index (χ1) is 9.52. The van der Waals surface area contributed by atoms with Gasteiger partial charge in [-0.2, -0.15) is 0 Å². The molecule has 1 fully saturated rings. The molecule has 2 rings (SSSR count). The molecule has 1 heterocycles. The smallest absolute Gasteiger partial charge is 0.338 e. The lowest BCUT2D eigenvalue weighted by atomic mass is 9.97. The topological polar surface area (TPSA) is 44.8 Å². The first-order valence-corrected chi connectivity index (χ1v) is 6.63. The van der Waals surface area contributed by atoms with E-state index in [1.165, 1.54) is 14.0 Å². The van der Waals surface area contributed by atoms with Gasteiger partial charge in [0.2, 0.25) is 6.29 Å². The summed E-state index contributed by atoms with van der Waals surface area (Å²) in [6.45, 7) is 3.32. The molecule has 0 amide bonds. The highest BCUT2D eigenvalue weighted by molar-refractivity contribution is 5.89. The van der Waals surface area contributed by atoms with Crippen molar-refractivity contribution in [3.63, 3.8) is 0 Å². The normalized spacial score (nSPS) is 33.1. The lowest BCUT2D eigenvalue weighted by molar-refractivity contribution is -0.184. The maximum Gasteiger partial charge on any atom is 0.338 e. The summed E-state index contributed by atoms with van der Waals surface area (Å²) in [5, 5.41) is 0. The molecule has 5 heteroatoms. The van der Waals surface area contributed by atoms with Crippen LogP contribution in [0.1, 0.15) is 30.6 Å². The molecular weight excluding hydrogens is 263 g/mol. The number of benzene rings is 1. The van der Waals surface area contributed by atoms with E-state index in [4.69, 9.17) is 14.2 Å². The summed E-state index contributed by atoms with van der Waals surface area (Å²) in [5.41, 5.74) is -1.07. The summed E-state index contributed by atoms with van der Waals surface area (Å²) >= 11 is 0. The zero-order chi connectivity index (χ0) is 14.8. The average molecular weight is 282 g/mol. The van der Waals surface area contributed by atoms with Crippen LogP contribution in [0.3, 0.4) is 0 Å². The fourth-order valence-electron chi connectivity index (χ4n) is 2.39. The van der Waals surface area contributed by atoms with E-state index in [0.717, 1.165) is 0 Å². The van der Waals surface area contributed by atoms with Crippen molar-refractivity contribution >= 4 is 5.97 Å². The van der Waals surface area contributed by atoms with Crippen molar-refractivity contribution in [1.82, 2.24) is 0 Å². The maximum atomic E-state index is 14.5. The van der Waals surface area contributed by atoms with Crippen LogP contribution in [0.15, 0.2) is 30.3 Å². The predicted octanol–water partition coefficient (Wildman–Crippen LogP) is 2.72. The molecule has 0 saturated carbocycles. The SMILES string of the molecule is CC[C@H]1O[C@@H](OC)[C@@](C)(OC(=O)c2ccccc2)[C@@H]1F. The van der Waals surface area contributed by atoms with Crippen molar-refractivity contribution in [3.8, 4) is 0 Å². The van der Waals surface area contributed by atoms with Gasteiger partial charge >= 0.3 is 5.97 Å². The van der Waals surface area contributed by atoms with Crippen molar-refractivity contribution in [2.24, 2.45) is 0 Å². The van der Waals surface area contributed by atoms with E-state index >= 15 is 0 Å². The van der Waals surface area contributed by atoms with Crippen LogP contribution < -0.4 is 0 Å². The number of hydrogen-bond acceptors (Lipinski definition) is 4. The minimum Gasteiger partial charge on any atom is -0.447 e. The van der Waals surface area contributed by atoms with Crippen LogP contribution in [0, 0.1) is 0 Å². The van der Waals surface area contributed by atoms with Crippen LogP contribution in [-0.4, -0.2) is 37.2 Å². The van der Waals surface area contributed by atoms with E-state index in [2.05, 4.69) is 0 Å². The Morgan fingerprint density at radius 2 is 2.05 bits per heavy atom. The van der Waals surface area contributed by atoms with Crippen LogP contribution in [0.4, 0.5) is 4.39 Å². The molecule has 0 unspecified atom stereocenters. The largest absolute Gasteiger partial charge is 0.447 e. The maximum absolute atomic E-state index is 14.5. The number of carbonyl (C=O) groups is 1. The zero-order valence-corrected chi connectivity index (χ0v) is 11.8. The molecule has 0 bridgehead atoms. The van der Waals surface area contributed by atoms with Crippen LogP contribution in [0.2, 0.25) is 0 Å². The van der Waals surface area contributed by atoms with Gasteiger partial charge in [0.05, 0.1) is 11.7 Å². The number of methoxy groups -OCH3 is 1. The van der Waals surface area contributed by atoms with Gasteiger partial charge in [-0.05, 0) is 25.5 Å². The van der Waals surface area contributed by atoms with Gasteiger partial charge in [0.15, 0.2) is 11.8 Å². The second kappa shape index (κ2) is 5.89. The molecule has 0 aliphatic carbocycles. The van der Waals surface area contributed by atoms with E-state index in [0.29, 0.717) is 12.0 Å². The number of halogens is 1. The molecule has 1 aromatic rings. The van der Waals surface area contributed by atoms with Crippen LogP contribution in [0.5, 0.6) is 0 Å². The molecule has 1 aromatic carbocycles. The van der Waals surface area contributed by atoms with E-state index in [1.54, 1.807) is 30.3 Å². The van der Waals surface area contributed by atoms with Crippen molar-refractivity contribution in [3.05, 3.63) is 35.9 Å². The number of hydrogen-bond donors (Lipinski definition) is 0. The summed E-state index contributed by atoms with van der Waals surface area (Å²) in [6.07, 6.45) is -2.48. The van der Waals surface area contributed by atoms with Gasteiger partial charge in [-0.3, -0.25) is 0 Å². The van der Waals surface area contributed by atoms with Gasteiger partial charge in [-0.15, -0.1) is 0 Å². The van der Waals surface area contributed by atoms with E-state index < -0.39 is 30.1 Å². The van der Waals surface area contributed by atoms with Gasteiger partial charge in [0.25, 0.3) is 0 Å². The molecule has 4 atom stereocenters. The third-order valence-corrected chi connectivity index (χ3v) is 3.58.